The molecule has 13 heavy (non-hydrogen) atoms. The molecule has 3 nitrogen and oxygen atoms in total. The van der Waals surface area contributed by atoms with Gasteiger partial charge in [-0.3, -0.25) is 0 Å². The number of hydrogen-bond acceptors (Lipinski definition) is 2. The van der Waals surface area contributed by atoms with Crippen LogP contribution in [0.2, 0.25) is 0 Å². The first-order valence-corrected chi connectivity index (χ1v) is 3.54. The van der Waals surface area contributed by atoms with Gasteiger partial charge in [-0.15, -0.1) is 0 Å². The highest BCUT2D eigenvalue weighted by atomic mass is 19.3. The molecule has 0 radical (unpaired) electrons. The number of rotatable bonds is 2. The highest BCUT2D eigenvalue weighted by molar-refractivity contribution is 5.76. The number of furan rings is 1. The lowest BCUT2D eigenvalue weighted by Gasteiger charge is -2.06. The first kappa shape index (κ1) is 9.70. The maximum atomic E-state index is 12.8. The van der Waals surface area contributed by atoms with Gasteiger partial charge in [-0.2, -0.15) is 8.78 Å². The van der Waals surface area contributed by atoms with Gasteiger partial charge in [0.15, 0.2) is 5.76 Å². The van der Waals surface area contributed by atoms with Gasteiger partial charge < -0.3 is 9.52 Å². The summed E-state index contributed by atoms with van der Waals surface area (Å²) in [5.74, 6) is -6.67. The van der Waals surface area contributed by atoms with Crippen LogP contribution in [0.25, 0.3) is 0 Å². The Hall–Kier alpha value is -1.39. The van der Waals surface area contributed by atoms with Gasteiger partial charge in [-0.05, 0) is 25.5 Å². The summed E-state index contributed by atoms with van der Waals surface area (Å²) >= 11 is 0. The number of hydrogen-bond donors (Lipinski definition) is 1. The molecule has 0 fully saturated rings. The first-order valence-electron chi connectivity index (χ1n) is 3.54. The van der Waals surface area contributed by atoms with Gasteiger partial charge in [0.1, 0.15) is 5.76 Å². The van der Waals surface area contributed by atoms with E-state index in [1.165, 1.54) is 6.92 Å². The van der Waals surface area contributed by atoms with Crippen LogP contribution in [0.5, 0.6) is 0 Å². The molecule has 0 bridgehead atoms. The zero-order valence-corrected chi connectivity index (χ0v) is 7.10. The number of aryl methyl sites for hydroxylation is 2. The van der Waals surface area contributed by atoms with E-state index in [1.54, 1.807) is 6.92 Å². The van der Waals surface area contributed by atoms with Crippen molar-refractivity contribution in [2.75, 3.05) is 0 Å². The number of halogens is 2. The molecule has 5 heteroatoms. The Morgan fingerprint density at radius 2 is 2.08 bits per heavy atom. The van der Waals surface area contributed by atoms with Crippen LogP contribution in [0.4, 0.5) is 8.78 Å². The second kappa shape index (κ2) is 2.83. The molecular formula is C8H8F2O3. The van der Waals surface area contributed by atoms with Crippen LogP contribution in [0.3, 0.4) is 0 Å². The van der Waals surface area contributed by atoms with E-state index in [0.29, 0.717) is 11.3 Å². The average Bonchev–Trinajstić information content (AvgIpc) is 2.32. The van der Waals surface area contributed by atoms with Crippen LogP contribution in [0.1, 0.15) is 17.1 Å². The standard InChI is InChI=1S/C8H8F2O3/c1-4-3-6(13-5(4)2)8(9,10)7(11)12/h3H,1-2H3,(H,11,12). The number of alkyl halides is 2. The lowest BCUT2D eigenvalue weighted by Crippen LogP contribution is -2.24. The molecular weight excluding hydrogens is 182 g/mol. The van der Waals surface area contributed by atoms with Crippen molar-refractivity contribution in [3.8, 4) is 0 Å². The molecule has 1 N–H and O–H groups in total. The SMILES string of the molecule is Cc1cc(C(F)(F)C(=O)O)oc1C. The summed E-state index contributed by atoms with van der Waals surface area (Å²) in [7, 11) is 0. The minimum atomic E-state index is -3.95. The smallest absolute Gasteiger partial charge is 0.399 e. The van der Waals surface area contributed by atoms with E-state index in [9.17, 15) is 13.6 Å². The van der Waals surface area contributed by atoms with Crippen molar-refractivity contribution in [2.24, 2.45) is 0 Å². The number of aliphatic carboxylic acids is 1. The van der Waals surface area contributed by atoms with Gasteiger partial charge in [-0.25, -0.2) is 4.79 Å². The van der Waals surface area contributed by atoms with E-state index in [0.717, 1.165) is 6.07 Å². The van der Waals surface area contributed by atoms with E-state index < -0.39 is 17.7 Å². The van der Waals surface area contributed by atoms with E-state index >= 15 is 0 Å². The molecule has 0 aromatic carbocycles. The zero-order chi connectivity index (χ0) is 10.2. The summed E-state index contributed by atoms with van der Waals surface area (Å²) in [5.41, 5.74) is 0.510. The van der Waals surface area contributed by atoms with Gasteiger partial charge in [0.2, 0.25) is 0 Å². The van der Waals surface area contributed by atoms with Gasteiger partial charge in [0, 0.05) is 0 Å². The second-order valence-corrected chi connectivity index (χ2v) is 2.73. The Labute approximate surface area is 73.0 Å². The molecule has 0 unspecified atom stereocenters. The van der Waals surface area contributed by atoms with Crippen molar-refractivity contribution in [3.63, 3.8) is 0 Å². The van der Waals surface area contributed by atoms with Crippen molar-refractivity contribution >= 4 is 5.97 Å². The molecule has 0 aliphatic carbocycles. The van der Waals surface area contributed by atoms with Gasteiger partial charge in [-0.1, -0.05) is 0 Å². The van der Waals surface area contributed by atoms with Gasteiger partial charge in [0.05, 0.1) is 0 Å². The normalized spacial score (nSPS) is 11.7. The van der Waals surface area contributed by atoms with Gasteiger partial charge in [0.25, 0.3) is 0 Å². The average molecular weight is 190 g/mol. The maximum Gasteiger partial charge on any atom is 0.399 e. The summed E-state index contributed by atoms with van der Waals surface area (Å²) in [6.07, 6.45) is 0. The summed E-state index contributed by atoms with van der Waals surface area (Å²) in [4.78, 5) is 10.1. The summed E-state index contributed by atoms with van der Waals surface area (Å²) in [6, 6.07) is 1.03. The van der Waals surface area contributed by atoms with Crippen LogP contribution >= 0.6 is 0 Å². The summed E-state index contributed by atoms with van der Waals surface area (Å²) in [6.45, 7) is 3.07. The molecule has 0 saturated carbocycles. The molecule has 1 aromatic heterocycles. The van der Waals surface area contributed by atoms with Crippen LogP contribution in [0.15, 0.2) is 10.5 Å². The maximum absolute atomic E-state index is 12.8. The molecule has 0 aliphatic heterocycles. The Kier molecular flexibility index (Phi) is 2.11. The lowest BCUT2D eigenvalue weighted by atomic mass is 10.2. The van der Waals surface area contributed by atoms with Crippen molar-refractivity contribution in [3.05, 3.63) is 23.2 Å². The largest absolute Gasteiger partial charge is 0.476 e. The molecule has 72 valence electrons. The lowest BCUT2D eigenvalue weighted by molar-refractivity contribution is -0.169. The minimum Gasteiger partial charge on any atom is -0.476 e. The summed E-state index contributed by atoms with van der Waals surface area (Å²) < 4.78 is 30.2. The quantitative estimate of drug-likeness (QED) is 0.776. The van der Waals surface area contributed by atoms with E-state index in [1.807, 2.05) is 0 Å². The fraction of sp³-hybridized carbons (Fsp3) is 0.375. The fourth-order valence-electron chi connectivity index (χ4n) is 0.833. The topological polar surface area (TPSA) is 50.4 Å². The van der Waals surface area contributed by atoms with Crippen LogP contribution in [-0.2, 0) is 10.7 Å². The highest BCUT2D eigenvalue weighted by Gasteiger charge is 2.44. The molecule has 0 saturated heterocycles. The van der Waals surface area contributed by atoms with Crippen LogP contribution in [0, 0.1) is 13.8 Å². The number of carboxylic acid groups (broad SMARTS) is 1. The Bertz CT molecular complexity index is 322. The van der Waals surface area contributed by atoms with Crippen LogP contribution < -0.4 is 0 Å². The molecule has 1 rings (SSSR count). The van der Waals surface area contributed by atoms with Crippen molar-refractivity contribution in [1.82, 2.24) is 0 Å². The molecule has 0 amide bonds. The molecule has 1 aromatic rings. The predicted molar refractivity (Wildman–Crippen MR) is 39.7 cm³/mol. The molecule has 0 atom stereocenters. The number of carbonyl (C=O) groups is 1. The van der Waals surface area contributed by atoms with E-state index in [-0.39, 0.29) is 0 Å². The Morgan fingerprint density at radius 1 is 1.54 bits per heavy atom. The van der Waals surface area contributed by atoms with Crippen molar-refractivity contribution < 1.29 is 23.1 Å². The highest BCUT2D eigenvalue weighted by Crippen LogP contribution is 2.31. The zero-order valence-electron chi connectivity index (χ0n) is 7.10. The molecule has 1 heterocycles. The molecule has 0 aliphatic rings. The Balaban J connectivity index is 3.15. The summed E-state index contributed by atoms with van der Waals surface area (Å²) in [5, 5.41) is 8.18. The third-order valence-corrected chi connectivity index (χ3v) is 1.74. The fourth-order valence-corrected chi connectivity index (χ4v) is 0.833. The Morgan fingerprint density at radius 3 is 2.38 bits per heavy atom. The third kappa shape index (κ3) is 1.54. The van der Waals surface area contributed by atoms with E-state index in [2.05, 4.69) is 4.42 Å². The van der Waals surface area contributed by atoms with Gasteiger partial charge >= 0.3 is 11.9 Å². The third-order valence-electron chi connectivity index (χ3n) is 1.74. The predicted octanol–water partition coefficient (Wildman–Crippen LogP) is 2.07. The minimum absolute atomic E-state index is 0.302. The molecule has 0 spiro atoms. The van der Waals surface area contributed by atoms with Crippen LogP contribution in [-0.4, -0.2) is 11.1 Å². The number of carboxylic acids is 1. The van der Waals surface area contributed by atoms with Crippen molar-refractivity contribution in [2.45, 2.75) is 19.8 Å². The van der Waals surface area contributed by atoms with Crippen molar-refractivity contribution in [1.29, 1.82) is 0 Å². The second-order valence-electron chi connectivity index (χ2n) is 2.73. The monoisotopic (exact) mass is 190 g/mol. The first-order chi connectivity index (χ1) is 5.85. The van der Waals surface area contributed by atoms with E-state index in [4.69, 9.17) is 5.11 Å².